The van der Waals surface area contributed by atoms with Crippen molar-refractivity contribution in [3.63, 3.8) is 0 Å². The Kier molecular flexibility index (Phi) is 3.62. The van der Waals surface area contributed by atoms with Gasteiger partial charge in [0.05, 0.1) is 5.52 Å². The second-order valence-corrected chi connectivity index (χ2v) is 4.73. The van der Waals surface area contributed by atoms with Gasteiger partial charge in [0.2, 0.25) is 0 Å². The van der Waals surface area contributed by atoms with E-state index in [9.17, 15) is 4.79 Å². The maximum atomic E-state index is 12.5. The first-order valence-electron chi connectivity index (χ1n) is 6.72. The molecule has 4 nitrogen and oxygen atoms in total. The van der Waals surface area contributed by atoms with E-state index in [2.05, 4.69) is 10.3 Å². The molecule has 3 aromatic rings. The molecule has 0 bridgehead atoms. The van der Waals surface area contributed by atoms with Crippen LogP contribution in [0.15, 0.2) is 60.8 Å². The molecule has 0 saturated carbocycles. The fourth-order valence-electron chi connectivity index (χ4n) is 2.28. The molecule has 104 valence electrons. The molecule has 1 heterocycles. The normalized spacial score (nSPS) is 10.5. The number of rotatable bonds is 3. The number of benzene rings is 2. The largest absolute Gasteiger partial charge is 0.326 e. The minimum atomic E-state index is -0.150. The number of nitrogens with one attached hydrogen (secondary N) is 1. The second kappa shape index (κ2) is 5.73. The van der Waals surface area contributed by atoms with E-state index in [0.29, 0.717) is 12.1 Å². The molecular weight excluding hydrogens is 262 g/mol. The molecule has 3 N–H and O–H groups in total. The first-order chi connectivity index (χ1) is 10.3. The summed E-state index contributed by atoms with van der Waals surface area (Å²) in [4.78, 5) is 16.7. The standard InChI is InChI=1S/C17H15N3O/c18-11-12-4-1-5-13(10-12)20-17(21)15-6-2-8-16-14(15)7-3-9-19-16/h1-10H,11,18H2,(H,20,21). The third kappa shape index (κ3) is 2.75. The maximum Gasteiger partial charge on any atom is 0.256 e. The number of fused-ring (bicyclic) bond motifs is 1. The van der Waals surface area contributed by atoms with Crippen LogP contribution in [0.2, 0.25) is 0 Å². The Bertz CT molecular complexity index is 793. The summed E-state index contributed by atoms with van der Waals surface area (Å²) < 4.78 is 0. The van der Waals surface area contributed by atoms with E-state index in [1.54, 1.807) is 12.3 Å². The van der Waals surface area contributed by atoms with E-state index in [-0.39, 0.29) is 5.91 Å². The zero-order valence-electron chi connectivity index (χ0n) is 11.4. The quantitative estimate of drug-likeness (QED) is 0.773. The number of hydrogen-bond donors (Lipinski definition) is 2. The lowest BCUT2D eigenvalue weighted by atomic mass is 10.1. The van der Waals surface area contributed by atoms with E-state index in [4.69, 9.17) is 5.73 Å². The van der Waals surface area contributed by atoms with Crippen LogP contribution in [0.3, 0.4) is 0 Å². The molecule has 3 rings (SSSR count). The van der Waals surface area contributed by atoms with Gasteiger partial charge in [0, 0.05) is 29.4 Å². The van der Waals surface area contributed by atoms with Crippen molar-refractivity contribution in [2.24, 2.45) is 5.73 Å². The number of nitrogens with two attached hydrogens (primary N) is 1. The molecule has 4 heteroatoms. The number of amides is 1. The SMILES string of the molecule is NCc1cccc(NC(=O)c2cccc3ncccc23)c1. The second-order valence-electron chi connectivity index (χ2n) is 4.73. The van der Waals surface area contributed by atoms with Crippen molar-refractivity contribution in [3.05, 3.63) is 71.9 Å². The molecule has 21 heavy (non-hydrogen) atoms. The molecule has 0 aliphatic rings. The number of anilines is 1. The monoisotopic (exact) mass is 277 g/mol. The number of aromatic nitrogens is 1. The Morgan fingerprint density at radius 2 is 1.95 bits per heavy atom. The predicted octanol–water partition coefficient (Wildman–Crippen LogP) is 2.95. The van der Waals surface area contributed by atoms with Crippen molar-refractivity contribution in [2.45, 2.75) is 6.54 Å². The van der Waals surface area contributed by atoms with Gasteiger partial charge in [-0.3, -0.25) is 9.78 Å². The zero-order valence-corrected chi connectivity index (χ0v) is 11.4. The summed E-state index contributed by atoms with van der Waals surface area (Å²) in [6, 6.07) is 16.8. The van der Waals surface area contributed by atoms with E-state index < -0.39 is 0 Å². The Balaban J connectivity index is 1.93. The van der Waals surface area contributed by atoms with E-state index >= 15 is 0 Å². The van der Waals surface area contributed by atoms with Crippen LogP contribution < -0.4 is 11.1 Å². The summed E-state index contributed by atoms with van der Waals surface area (Å²) >= 11 is 0. The van der Waals surface area contributed by atoms with Crippen molar-refractivity contribution in [3.8, 4) is 0 Å². The first kappa shape index (κ1) is 13.3. The number of pyridine rings is 1. The van der Waals surface area contributed by atoms with Crippen LogP contribution in [0.4, 0.5) is 5.69 Å². The molecule has 1 amide bonds. The van der Waals surface area contributed by atoms with Gasteiger partial charge in [-0.25, -0.2) is 0 Å². The van der Waals surface area contributed by atoms with Gasteiger partial charge in [-0.05, 0) is 35.9 Å². The van der Waals surface area contributed by atoms with Crippen LogP contribution >= 0.6 is 0 Å². The van der Waals surface area contributed by atoms with Gasteiger partial charge in [-0.2, -0.15) is 0 Å². The molecule has 0 spiro atoms. The molecule has 0 aliphatic heterocycles. The highest BCUT2D eigenvalue weighted by Gasteiger charge is 2.10. The molecule has 0 saturated heterocycles. The van der Waals surface area contributed by atoms with Crippen molar-refractivity contribution >= 4 is 22.5 Å². The highest BCUT2D eigenvalue weighted by molar-refractivity contribution is 6.12. The summed E-state index contributed by atoms with van der Waals surface area (Å²) in [5.41, 5.74) is 8.75. The van der Waals surface area contributed by atoms with E-state index in [1.165, 1.54) is 0 Å². The molecule has 1 aromatic heterocycles. The van der Waals surface area contributed by atoms with Gasteiger partial charge >= 0.3 is 0 Å². The average Bonchev–Trinajstić information content (AvgIpc) is 2.54. The molecular formula is C17H15N3O. The fourth-order valence-corrected chi connectivity index (χ4v) is 2.28. The lowest BCUT2D eigenvalue weighted by Gasteiger charge is -2.08. The smallest absolute Gasteiger partial charge is 0.256 e. The first-order valence-corrected chi connectivity index (χ1v) is 6.72. The summed E-state index contributed by atoms with van der Waals surface area (Å²) in [6.07, 6.45) is 1.72. The highest BCUT2D eigenvalue weighted by Crippen LogP contribution is 2.18. The van der Waals surface area contributed by atoms with Crippen LogP contribution in [0, 0.1) is 0 Å². The van der Waals surface area contributed by atoms with Gasteiger partial charge in [0.25, 0.3) is 5.91 Å². The topological polar surface area (TPSA) is 68.0 Å². The van der Waals surface area contributed by atoms with Crippen LogP contribution in [0.1, 0.15) is 15.9 Å². The van der Waals surface area contributed by atoms with Gasteiger partial charge in [-0.15, -0.1) is 0 Å². The zero-order chi connectivity index (χ0) is 14.7. The molecule has 0 unspecified atom stereocenters. The molecule has 0 radical (unpaired) electrons. The molecule has 2 aromatic carbocycles. The van der Waals surface area contributed by atoms with Crippen LogP contribution in [-0.2, 0) is 6.54 Å². The molecule has 0 atom stereocenters. The number of hydrogen-bond acceptors (Lipinski definition) is 3. The van der Waals surface area contributed by atoms with Crippen LogP contribution in [-0.4, -0.2) is 10.9 Å². The Hall–Kier alpha value is -2.72. The lowest BCUT2D eigenvalue weighted by Crippen LogP contribution is -2.12. The number of carbonyl (C=O) groups is 1. The summed E-state index contributed by atoms with van der Waals surface area (Å²) in [6.45, 7) is 0.446. The van der Waals surface area contributed by atoms with Crippen molar-refractivity contribution in [1.29, 1.82) is 0 Å². The number of carbonyl (C=O) groups excluding carboxylic acids is 1. The Labute approximate surface area is 122 Å². The average molecular weight is 277 g/mol. The van der Waals surface area contributed by atoms with E-state index in [0.717, 1.165) is 22.2 Å². The van der Waals surface area contributed by atoms with Crippen molar-refractivity contribution < 1.29 is 4.79 Å². The minimum absolute atomic E-state index is 0.150. The van der Waals surface area contributed by atoms with Gasteiger partial charge < -0.3 is 11.1 Å². The van der Waals surface area contributed by atoms with Crippen LogP contribution in [0.25, 0.3) is 10.9 Å². The van der Waals surface area contributed by atoms with Gasteiger partial charge in [0.1, 0.15) is 0 Å². The summed E-state index contributed by atoms with van der Waals surface area (Å²) in [7, 11) is 0. The Morgan fingerprint density at radius 1 is 1.10 bits per heavy atom. The Morgan fingerprint density at radius 3 is 2.81 bits per heavy atom. The van der Waals surface area contributed by atoms with Crippen molar-refractivity contribution in [1.82, 2.24) is 4.98 Å². The van der Waals surface area contributed by atoms with Gasteiger partial charge in [0.15, 0.2) is 0 Å². The van der Waals surface area contributed by atoms with E-state index in [1.807, 2.05) is 48.5 Å². The van der Waals surface area contributed by atoms with Gasteiger partial charge in [-0.1, -0.05) is 24.3 Å². The minimum Gasteiger partial charge on any atom is -0.326 e. The number of nitrogens with zero attached hydrogens (tertiary/aromatic N) is 1. The maximum absolute atomic E-state index is 12.5. The molecule has 0 aliphatic carbocycles. The molecule has 0 fully saturated rings. The fraction of sp³-hybridized carbons (Fsp3) is 0.0588. The summed E-state index contributed by atoms with van der Waals surface area (Å²) in [5.74, 6) is -0.150. The lowest BCUT2D eigenvalue weighted by molar-refractivity contribution is 0.102. The van der Waals surface area contributed by atoms with Crippen LogP contribution in [0.5, 0.6) is 0 Å². The van der Waals surface area contributed by atoms with Crippen molar-refractivity contribution in [2.75, 3.05) is 5.32 Å². The predicted molar refractivity (Wildman–Crippen MR) is 84.0 cm³/mol. The summed E-state index contributed by atoms with van der Waals surface area (Å²) in [5, 5.41) is 3.74. The third-order valence-electron chi connectivity index (χ3n) is 3.31. The third-order valence-corrected chi connectivity index (χ3v) is 3.31. The highest BCUT2D eigenvalue weighted by atomic mass is 16.1.